The number of nitro benzene ring substituents is 1. The highest BCUT2D eigenvalue weighted by Gasteiger charge is 2.27. The van der Waals surface area contributed by atoms with Crippen LogP contribution in [0.2, 0.25) is 0 Å². The molecule has 0 atom stereocenters. The molecule has 0 aliphatic carbocycles. The highest BCUT2D eigenvalue weighted by Crippen LogP contribution is 2.28. The summed E-state index contributed by atoms with van der Waals surface area (Å²) in [5.41, 5.74) is -0.372. The van der Waals surface area contributed by atoms with Crippen LogP contribution >= 0.6 is 0 Å². The van der Waals surface area contributed by atoms with Gasteiger partial charge in [-0.1, -0.05) is 18.2 Å². The van der Waals surface area contributed by atoms with Gasteiger partial charge in [-0.2, -0.15) is 0 Å². The average Bonchev–Trinajstić information content (AvgIpc) is 2.48. The zero-order valence-electron chi connectivity index (χ0n) is 12.3. The predicted octanol–water partition coefficient (Wildman–Crippen LogP) is 1.35. The molecule has 0 spiro atoms. The van der Waals surface area contributed by atoms with Gasteiger partial charge in [-0.05, 0) is 30.7 Å². The molecule has 2 rings (SSSR count). The second-order valence-electron chi connectivity index (χ2n) is 4.87. The maximum Gasteiger partial charge on any atom is 0.289 e. The number of hydrogen-bond acceptors (Lipinski definition) is 6. The van der Waals surface area contributed by atoms with Gasteiger partial charge >= 0.3 is 0 Å². The van der Waals surface area contributed by atoms with E-state index in [4.69, 9.17) is 5.14 Å². The minimum Gasteiger partial charge on any atom is -0.278 e. The van der Waals surface area contributed by atoms with E-state index in [2.05, 4.69) is 0 Å². The van der Waals surface area contributed by atoms with Crippen LogP contribution in [0.25, 0.3) is 0 Å². The molecule has 0 radical (unpaired) electrons. The van der Waals surface area contributed by atoms with Gasteiger partial charge < -0.3 is 0 Å². The molecule has 0 saturated heterocycles. The SMILES string of the molecule is Cc1ccc(NS(=O)(=O)c2ccccc2[N+](=O)[O-])c(S(N)(=O)=O)c1. The van der Waals surface area contributed by atoms with E-state index in [0.29, 0.717) is 5.56 Å². The van der Waals surface area contributed by atoms with E-state index in [1.54, 1.807) is 6.92 Å². The van der Waals surface area contributed by atoms with Crippen molar-refractivity contribution in [3.05, 3.63) is 58.1 Å². The third kappa shape index (κ3) is 3.69. The summed E-state index contributed by atoms with van der Waals surface area (Å²) in [5.74, 6) is 0. The zero-order chi connectivity index (χ0) is 18.1. The molecule has 0 aliphatic heterocycles. The van der Waals surface area contributed by atoms with Crippen LogP contribution < -0.4 is 9.86 Å². The molecule has 2 aromatic rings. The van der Waals surface area contributed by atoms with Crippen LogP contribution in [0.4, 0.5) is 11.4 Å². The molecule has 128 valence electrons. The Morgan fingerprint density at radius 2 is 1.67 bits per heavy atom. The number of para-hydroxylation sites is 1. The molecule has 0 fully saturated rings. The maximum absolute atomic E-state index is 12.4. The largest absolute Gasteiger partial charge is 0.289 e. The first-order valence-electron chi connectivity index (χ1n) is 6.42. The predicted molar refractivity (Wildman–Crippen MR) is 86.5 cm³/mol. The second-order valence-corrected chi connectivity index (χ2v) is 8.06. The maximum atomic E-state index is 12.4. The fraction of sp³-hybridized carbons (Fsp3) is 0.0769. The number of primary sulfonamides is 1. The summed E-state index contributed by atoms with van der Waals surface area (Å²) >= 11 is 0. The summed E-state index contributed by atoms with van der Waals surface area (Å²) in [7, 11) is -8.59. The Morgan fingerprint density at radius 3 is 2.25 bits per heavy atom. The van der Waals surface area contributed by atoms with Crippen molar-refractivity contribution >= 4 is 31.4 Å². The second kappa shape index (κ2) is 6.19. The van der Waals surface area contributed by atoms with Gasteiger partial charge in [0.1, 0.15) is 4.90 Å². The molecule has 9 nitrogen and oxygen atoms in total. The fourth-order valence-electron chi connectivity index (χ4n) is 1.98. The lowest BCUT2D eigenvalue weighted by Gasteiger charge is -2.12. The zero-order valence-corrected chi connectivity index (χ0v) is 14.0. The molecule has 0 aromatic heterocycles. The van der Waals surface area contributed by atoms with Crippen molar-refractivity contribution in [1.82, 2.24) is 0 Å². The number of nitrogens with two attached hydrogens (primary N) is 1. The van der Waals surface area contributed by atoms with Crippen LogP contribution in [-0.2, 0) is 20.0 Å². The van der Waals surface area contributed by atoms with Crippen LogP contribution in [-0.4, -0.2) is 21.8 Å². The average molecular weight is 371 g/mol. The Bertz CT molecular complexity index is 1020. The molecule has 11 heteroatoms. The van der Waals surface area contributed by atoms with Gasteiger partial charge in [0.05, 0.1) is 10.6 Å². The number of nitro groups is 1. The van der Waals surface area contributed by atoms with Crippen LogP contribution in [0.1, 0.15) is 5.56 Å². The Hall–Kier alpha value is -2.50. The number of sulfonamides is 2. The van der Waals surface area contributed by atoms with Crippen molar-refractivity contribution in [3.63, 3.8) is 0 Å². The first kappa shape index (κ1) is 17.8. The van der Waals surface area contributed by atoms with Crippen molar-refractivity contribution in [2.45, 2.75) is 16.7 Å². The van der Waals surface area contributed by atoms with Crippen LogP contribution in [0.15, 0.2) is 52.3 Å². The number of rotatable bonds is 5. The summed E-state index contributed by atoms with van der Waals surface area (Å²) in [4.78, 5) is 9.13. The van der Waals surface area contributed by atoms with Crippen LogP contribution in [0.5, 0.6) is 0 Å². The summed E-state index contributed by atoms with van der Waals surface area (Å²) in [6.45, 7) is 1.61. The molecular formula is C13H13N3O6S2. The standard InChI is InChI=1S/C13H13N3O6S2/c1-9-6-7-10(13(8-9)23(14,19)20)15-24(21,22)12-5-3-2-4-11(12)16(17)18/h2-8,15H,1H3,(H2,14,19,20). The van der Waals surface area contributed by atoms with Gasteiger partial charge in [0.25, 0.3) is 15.7 Å². The van der Waals surface area contributed by atoms with Crippen LogP contribution in [0, 0.1) is 17.0 Å². The molecule has 0 saturated carbocycles. The minimum atomic E-state index is -4.40. The van der Waals surface area contributed by atoms with Gasteiger partial charge in [-0.15, -0.1) is 0 Å². The Kier molecular flexibility index (Phi) is 4.60. The first-order valence-corrected chi connectivity index (χ1v) is 9.45. The summed E-state index contributed by atoms with van der Waals surface area (Å²) in [6, 6.07) is 8.62. The molecule has 3 N–H and O–H groups in total. The van der Waals surface area contributed by atoms with Gasteiger partial charge in [-0.25, -0.2) is 22.0 Å². The number of nitrogens with one attached hydrogen (secondary N) is 1. The number of aryl methyl sites for hydroxylation is 1. The summed E-state index contributed by atoms with van der Waals surface area (Å²) in [5, 5.41) is 16.1. The summed E-state index contributed by atoms with van der Waals surface area (Å²) < 4.78 is 50.2. The molecule has 0 aliphatic rings. The molecule has 0 unspecified atom stereocenters. The molecular weight excluding hydrogens is 358 g/mol. The molecule has 0 heterocycles. The molecule has 0 amide bonds. The fourth-order valence-corrected chi connectivity index (χ4v) is 4.08. The lowest BCUT2D eigenvalue weighted by atomic mass is 10.2. The minimum absolute atomic E-state index is 0.291. The molecule has 0 bridgehead atoms. The topological polar surface area (TPSA) is 149 Å². The van der Waals surface area contributed by atoms with Crippen LogP contribution in [0.3, 0.4) is 0 Å². The van der Waals surface area contributed by atoms with Crippen molar-refractivity contribution in [3.8, 4) is 0 Å². The van der Waals surface area contributed by atoms with E-state index in [1.165, 1.54) is 30.3 Å². The van der Waals surface area contributed by atoms with E-state index in [0.717, 1.165) is 12.1 Å². The normalized spacial score (nSPS) is 11.9. The van der Waals surface area contributed by atoms with Crippen molar-refractivity contribution in [1.29, 1.82) is 0 Å². The number of anilines is 1. The van der Waals surface area contributed by atoms with Gasteiger partial charge in [0, 0.05) is 6.07 Å². The molecule has 2 aromatic carbocycles. The first-order chi connectivity index (χ1) is 11.0. The van der Waals surface area contributed by atoms with Crippen molar-refractivity contribution in [2.24, 2.45) is 5.14 Å². The third-order valence-corrected chi connectivity index (χ3v) is 5.40. The van der Waals surface area contributed by atoms with E-state index in [9.17, 15) is 26.9 Å². The molecule has 24 heavy (non-hydrogen) atoms. The van der Waals surface area contributed by atoms with Gasteiger partial charge in [-0.3, -0.25) is 14.8 Å². The van der Waals surface area contributed by atoms with Gasteiger partial charge in [0.2, 0.25) is 10.0 Å². The third-order valence-electron chi connectivity index (χ3n) is 3.04. The summed E-state index contributed by atoms with van der Waals surface area (Å²) in [6.07, 6.45) is 0. The monoisotopic (exact) mass is 371 g/mol. The Morgan fingerprint density at radius 1 is 1.04 bits per heavy atom. The smallest absolute Gasteiger partial charge is 0.278 e. The van der Waals surface area contributed by atoms with E-state index >= 15 is 0 Å². The van der Waals surface area contributed by atoms with E-state index in [1.807, 2.05) is 4.72 Å². The number of benzene rings is 2. The quantitative estimate of drug-likeness (QED) is 0.598. The van der Waals surface area contributed by atoms with Crippen molar-refractivity contribution in [2.75, 3.05) is 4.72 Å². The number of hydrogen-bond donors (Lipinski definition) is 2. The Labute approximate surface area is 138 Å². The lowest BCUT2D eigenvalue weighted by Crippen LogP contribution is -2.19. The Balaban J connectivity index is 2.59. The highest BCUT2D eigenvalue weighted by molar-refractivity contribution is 7.93. The van der Waals surface area contributed by atoms with Gasteiger partial charge in [0.15, 0.2) is 4.90 Å². The number of nitrogens with zero attached hydrogens (tertiary/aromatic N) is 1. The van der Waals surface area contributed by atoms with Crippen molar-refractivity contribution < 1.29 is 21.8 Å². The lowest BCUT2D eigenvalue weighted by molar-refractivity contribution is -0.387. The van der Waals surface area contributed by atoms with E-state index < -0.39 is 40.4 Å². The highest BCUT2D eigenvalue weighted by atomic mass is 32.2. The van der Waals surface area contributed by atoms with E-state index in [-0.39, 0.29) is 5.69 Å².